The number of nitrogens with two attached hydrogens (primary N) is 1. The van der Waals surface area contributed by atoms with E-state index >= 15 is 0 Å². The van der Waals surface area contributed by atoms with Crippen molar-refractivity contribution in [1.29, 1.82) is 0 Å². The van der Waals surface area contributed by atoms with Crippen LogP contribution in [0.15, 0.2) is 12.1 Å². The van der Waals surface area contributed by atoms with Gasteiger partial charge in [0.05, 0.1) is 0 Å². The Hall–Kier alpha value is -0.800. The summed E-state index contributed by atoms with van der Waals surface area (Å²) in [5.74, 6) is 0.473. The van der Waals surface area contributed by atoms with Gasteiger partial charge in [-0.15, -0.1) is 0 Å². The van der Waals surface area contributed by atoms with Crippen molar-refractivity contribution in [3.05, 3.63) is 23.5 Å². The summed E-state index contributed by atoms with van der Waals surface area (Å²) in [6.07, 6.45) is 0. The number of aromatic amines is 1. The standard InChI is InChI=1S/C11H21N3/c1-8(2)11(12)10-6-5-9(13-10)7-14(3)4/h5-6,8,11,13H,7,12H2,1-4H3/t11-/m0/s1. The molecule has 0 aromatic carbocycles. The molecule has 14 heavy (non-hydrogen) atoms. The summed E-state index contributed by atoms with van der Waals surface area (Å²) in [7, 11) is 4.12. The summed E-state index contributed by atoms with van der Waals surface area (Å²) in [6, 6.07) is 4.31. The van der Waals surface area contributed by atoms with Gasteiger partial charge in [-0.2, -0.15) is 0 Å². The largest absolute Gasteiger partial charge is 0.360 e. The first kappa shape index (κ1) is 11.3. The highest BCUT2D eigenvalue weighted by Crippen LogP contribution is 2.18. The van der Waals surface area contributed by atoms with E-state index < -0.39 is 0 Å². The van der Waals surface area contributed by atoms with Gasteiger partial charge in [-0.3, -0.25) is 0 Å². The van der Waals surface area contributed by atoms with Gasteiger partial charge in [0.25, 0.3) is 0 Å². The molecule has 0 unspecified atom stereocenters. The van der Waals surface area contributed by atoms with E-state index in [0.29, 0.717) is 5.92 Å². The molecule has 0 amide bonds. The molecule has 3 heteroatoms. The van der Waals surface area contributed by atoms with Gasteiger partial charge >= 0.3 is 0 Å². The molecule has 0 saturated heterocycles. The molecular weight excluding hydrogens is 174 g/mol. The number of hydrogen-bond acceptors (Lipinski definition) is 2. The van der Waals surface area contributed by atoms with Crippen LogP contribution in [-0.4, -0.2) is 24.0 Å². The molecule has 1 heterocycles. The van der Waals surface area contributed by atoms with E-state index in [1.165, 1.54) is 5.69 Å². The predicted octanol–water partition coefficient (Wildman–Crippen LogP) is 1.73. The van der Waals surface area contributed by atoms with E-state index in [1.807, 2.05) is 0 Å². The Morgan fingerprint density at radius 1 is 1.36 bits per heavy atom. The fourth-order valence-electron chi connectivity index (χ4n) is 1.45. The van der Waals surface area contributed by atoms with Crippen LogP contribution >= 0.6 is 0 Å². The fourth-order valence-corrected chi connectivity index (χ4v) is 1.45. The molecule has 0 radical (unpaired) electrons. The van der Waals surface area contributed by atoms with Crippen molar-refractivity contribution in [3.8, 4) is 0 Å². The zero-order chi connectivity index (χ0) is 10.7. The van der Waals surface area contributed by atoms with Crippen LogP contribution < -0.4 is 5.73 Å². The third-order valence-corrected chi connectivity index (χ3v) is 2.33. The topological polar surface area (TPSA) is 45.0 Å². The zero-order valence-corrected chi connectivity index (χ0v) is 9.54. The minimum atomic E-state index is 0.117. The first-order valence-corrected chi connectivity index (χ1v) is 5.08. The molecule has 1 aromatic heterocycles. The Morgan fingerprint density at radius 3 is 2.50 bits per heavy atom. The molecule has 1 rings (SSSR count). The van der Waals surface area contributed by atoms with Crippen LogP contribution in [-0.2, 0) is 6.54 Å². The molecule has 0 saturated carbocycles. The highest BCUT2D eigenvalue weighted by Gasteiger charge is 2.12. The zero-order valence-electron chi connectivity index (χ0n) is 9.54. The maximum atomic E-state index is 6.04. The fraction of sp³-hybridized carbons (Fsp3) is 0.636. The second-order valence-electron chi connectivity index (χ2n) is 4.45. The van der Waals surface area contributed by atoms with Crippen molar-refractivity contribution in [3.63, 3.8) is 0 Å². The van der Waals surface area contributed by atoms with E-state index in [9.17, 15) is 0 Å². The van der Waals surface area contributed by atoms with E-state index in [4.69, 9.17) is 5.73 Å². The minimum absolute atomic E-state index is 0.117. The first-order valence-electron chi connectivity index (χ1n) is 5.08. The Balaban J connectivity index is 2.67. The number of H-pyrrole nitrogens is 1. The van der Waals surface area contributed by atoms with Gasteiger partial charge in [-0.05, 0) is 32.1 Å². The Kier molecular flexibility index (Phi) is 3.72. The van der Waals surface area contributed by atoms with Gasteiger partial charge in [0.1, 0.15) is 0 Å². The summed E-state index contributed by atoms with van der Waals surface area (Å²) in [5.41, 5.74) is 8.40. The lowest BCUT2D eigenvalue weighted by atomic mass is 10.0. The third-order valence-electron chi connectivity index (χ3n) is 2.33. The Bertz CT molecular complexity index is 276. The summed E-state index contributed by atoms with van der Waals surface area (Å²) in [5, 5.41) is 0. The van der Waals surface area contributed by atoms with Gasteiger partial charge in [-0.1, -0.05) is 13.8 Å². The van der Waals surface area contributed by atoms with Gasteiger partial charge in [0.15, 0.2) is 0 Å². The third kappa shape index (κ3) is 2.86. The number of aromatic nitrogens is 1. The molecule has 0 bridgehead atoms. The maximum Gasteiger partial charge on any atom is 0.0471 e. The summed E-state index contributed by atoms with van der Waals surface area (Å²) in [4.78, 5) is 5.49. The second-order valence-corrected chi connectivity index (χ2v) is 4.45. The quantitative estimate of drug-likeness (QED) is 0.768. The lowest BCUT2D eigenvalue weighted by molar-refractivity contribution is 0.396. The van der Waals surface area contributed by atoms with Crippen LogP contribution in [0.3, 0.4) is 0 Å². The normalized spacial score (nSPS) is 13.9. The second kappa shape index (κ2) is 4.62. The van der Waals surface area contributed by atoms with Crippen molar-refractivity contribution >= 4 is 0 Å². The average molecular weight is 195 g/mol. The molecule has 1 atom stereocenters. The van der Waals surface area contributed by atoms with Gasteiger partial charge in [-0.25, -0.2) is 0 Å². The Labute approximate surface area is 86.3 Å². The van der Waals surface area contributed by atoms with E-state index in [-0.39, 0.29) is 6.04 Å². The monoisotopic (exact) mass is 195 g/mol. The number of rotatable bonds is 4. The lowest BCUT2D eigenvalue weighted by Gasteiger charge is -2.14. The van der Waals surface area contributed by atoms with Crippen molar-refractivity contribution < 1.29 is 0 Å². The molecule has 3 nitrogen and oxygen atoms in total. The van der Waals surface area contributed by atoms with Crippen molar-refractivity contribution in [2.45, 2.75) is 26.4 Å². The molecular formula is C11H21N3. The van der Waals surface area contributed by atoms with Crippen LogP contribution in [0.1, 0.15) is 31.3 Å². The summed E-state index contributed by atoms with van der Waals surface area (Å²) in [6.45, 7) is 5.21. The van der Waals surface area contributed by atoms with Crippen LogP contribution in [0.2, 0.25) is 0 Å². The van der Waals surface area contributed by atoms with Gasteiger partial charge in [0, 0.05) is 24.0 Å². The molecule has 0 aliphatic heterocycles. The number of nitrogens with zero attached hydrogens (tertiary/aromatic N) is 1. The minimum Gasteiger partial charge on any atom is -0.360 e. The summed E-state index contributed by atoms with van der Waals surface area (Å²) >= 11 is 0. The van der Waals surface area contributed by atoms with Crippen molar-refractivity contribution in [1.82, 2.24) is 9.88 Å². The maximum absolute atomic E-state index is 6.04. The molecule has 80 valence electrons. The van der Waals surface area contributed by atoms with Crippen LogP contribution in [0.25, 0.3) is 0 Å². The lowest BCUT2D eigenvalue weighted by Crippen LogP contribution is -2.17. The molecule has 1 aromatic rings. The van der Waals surface area contributed by atoms with E-state index in [0.717, 1.165) is 12.2 Å². The van der Waals surface area contributed by atoms with Gasteiger partial charge in [0.2, 0.25) is 0 Å². The van der Waals surface area contributed by atoms with Crippen molar-refractivity contribution in [2.24, 2.45) is 11.7 Å². The molecule has 0 aliphatic rings. The summed E-state index contributed by atoms with van der Waals surface area (Å²) < 4.78 is 0. The highest BCUT2D eigenvalue weighted by atomic mass is 15.1. The van der Waals surface area contributed by atoms with E-state index in [1.54, 1.807) is 0 Å². The number of nitrogens with one attached hydrogen (secondary N) is 1. The first-order chi connectivity index (χ1) is 6.50. The van der Waals surface area contributed by atoms with Crippen LogP contribution in [0, 0.1) is 5.92 Å². The number of hydrogen-bond donors (Lipinski definition) is 2. The molecule has 0 fully saturated rings. The smallest absolute Gasteiger partial charge is 0.0471 e. The van der Waals surface area contributed by atoms with E-state index in [2.05, 4.69) is 50.0 Å². The Morgan fingerprint density at radius 2 is 2.00 bits per heavy atom. The van der Waals surface area contributed by atoms with Crippen LogP contribution in [0.5, 0.6) is 0 Å². The molecule has 0 spiro atoms. The van der Waals surface area contributed by atoms with Crippen LogP contribution in [0.4, 0.5) is 0 Å². The SMILES string of the molecule is CC(C)[C@H](N)c1ccc(CN(C)C)[nH]1. The predicted molar refractivity (Wildman–Crippen MR) is 60.0 cm³/mol. The highest BCUT2D eigenvalue weighted by molar-refractivity contribution is 5.16. The molecule has 3 N–H and O–H groups in total. The molecule has 0 aliphatic carbocycles. The average Bonchev–Trinajstić information content (AvgIpc) is 2.50. The van der Waals surface area contributed by atoms with Gasteiger partial charge < -0.3 is 15.6 Å². The van der Waals surface area contributed by atoms with Crippen molar-refractivity contribution in [2.75, 3.05) is 14.1 Å².